The molecule has 2 rings (SSSR count). The molecule has 0 unspecified atom stereocenters. The third-order valence-corrected chi connectivity index (χ3v) is 2.45. The molecule has 1 atom stereocenters. The number of hydrogen-bond acceptors (Lipinski definition) is 3. The van der Waals surface area contributed by atoms with Crippen molar-refractivity contribution in [2.24, 2.45) is 0 Å². The Morgan fingerprint density at radius 3 is 3.00 bits per heavy atom. The highest BCUT2D eigenvalue weighted by Gasteiger charge is 2.21. The predicted octanol–water partition coefficient (Wildman–Crippen LogP) is 1.02. The topological polar surface area (TPSA) is 47.6 Å². The van der Waals surface area contributed by atoms with Crippen LogP contribution in [-0.2, 0) is 9.53 Å². The fraction of sp³-hybridized carbons (Fsp3) is 0.364. The molecule has 0 bridgehead atoms. The molecule has 0 spiro atoms. The summed E-state index contributed by atoms with van der Waals surface area (Å²) in [7, 11) is 1.41. The van der Waals surface area contributed by atoms with E-state index in [-0.39, 0.29) is 24.4 Å². The van der Waals surface area contributed by atoms with Crippen LogP contribution in [0.4, 0.5) is 4.39 Å². The maximum Gasteiger partial charge on any atom is 0.246 e. The molecule has 1 amide bonds. The van der Waals surface area contributed by atoms with Gasteiger partial charge in [0.15, 0.2) is 11.6 Å². The van der Waals surface area contributed by atoms with Crippen molar-refractivity contribution >= 4 is 5.91 Å². The van der Waals surface area contributed by atoms with E-state index in [0.29, 0.717) is 6.54 Å². The quantitative estimate of drug-likeness (QED) is 0.817. The number of methoxy groups -OCH3 is 1. The number of morpholine rings is 1. The molecule has 0 aliphatic carbocycles. The Morgan fingerprint density at radius 1 is 1.56 bits per heavy atom. The van der Waals surface area contributed by atoms with Crippen LogP contribution in [0.2, 0.25) is 0 Å². The second-order valence-electron chi connectivity index (χ2n) is 3.50. The molecule has 5 heteroatoms. The van der Waals surface area contributed by atoms with E-state index in [4.69, 9.17) is 9.47 Å². The third-order valence-electron chi connectivity index (χ3n) is 2.45. The summed E-state index contributed by atoms with van der Waals surface area (Å²) < 4.78 is 23.4. The van der Waals surface area contributed by atoms with Crippen LogP contribution in [0.3, 0.4) is 0 Å². The number of rotatable bonds is 2. The van der Waals surface area contributed by atoms with Gasteiger partial charge >= 0.3 is 0 Å². The fourth-order valence-corrected chi connectivity index (χ4v) is 1.58. The van der Waals surface area contributed by atoms with E-state index in [2.05, 4.69) is 5.32 Å². The number of ether oxygens (including phenoxy) is 2. The number of carbonyl (C=O) groups is 1. The first-order valence-corrected chi connectivity index (χ1v) is 4.92. The number of amides is 1. The lowest BCUT2D eigenvalue weighted by Crippen LogP contribution is -2.38. The Morgan fingerprint density at radius 2 is 2.38 bits per heavy atom. The molecule has 0 aromatic heterocycles. The van der Waals surface area contributed by atoms with Crippen molar-refractivity contribution in [3.63, 3.8) is 0 Å². The van der Waals surface area contributed by atoms with Gasteiger partial charge in [-0.25, -0.2) is 4.39 Å². The molecule has 1 fully saturated rings. The molecule has 1 aliphatic rings. The van der Waals surface area contributed by atoms with Crippen molar-refractivity contribution in [3.8, 4) is 5.75 Å². The Bertz CT molecular complexity index is 398. The summed E-state index contributed by atoms with van der Waals surface area (Å²) >= 11 is 0. The van der Waals surface area contributed by atoms with Gasteiger partial charge in [-0.15, -0.1) is 0 Å². The average Bonchev–Trinajstić information content (AvgIpc) is 2.31. The number of hydrogen-bond donors (Lipinski definition) is 1. The van der Waals surface area contributed by atoms with Crippen LogP contribution < -0.4 is 10.1 Å². The van der Waals surface area contributed by atoms with Crippen LogP contribution >= 0.6 is 0 Å². The minimum Gasteiger partial charge on any atom is -0.494 e. The summed E-state index contributed by atoms with van der Waals surface area (Å²) in [6.07, 6.45) is -0.243. The van der Waals surface area contributed by atoms with Gasteiger partial charge in [0, 0.05) is 6.54 Å². The van der Waals surface area contributed by atoms with Crippen molar-refractivity contribution in [1.29, 1.82) is 0 Å². The molecule has 1 heterocycles. The lowest BCUT2D eigenvalue weighted by Gasteiger charge is -2.23. The van der Waals surface area contributed by atoms with Crippen molar-refractivity contribution in [2.75, 3.05) is 20.3 Å². The lowest BCUT2D eigenvalue weighted by atomic mass is 10.1. The Balaban J connectivity index is 2.17. The zero-order valence-electron chi connectivity index (χ0n) is 8.83. The molecule has 1 saturated heterocycles. The van der Waals surface area contributed by atoms with Gasteiger partial charge in [0.25, 0.3) is 0 Å². The lowest BCUT2D eigenvalue weighted by molar-refractivity contribution is -0.133. The van der Waals surface area contributed by atoms with E-state index in [1.807, 2.05) is 0 Å². The van der Waals surface area contributed by atoms with Gasteiger partial charge in [0.2, 0.25) is 5.91 Å². The monoisotopic (exact) mass is 225 g/mol. The van der Waals surface area contributed by atoms with E-state index in [0.717, 1.165) is 5.56 Å². The largest absolute Gasteiger partial charge is 0.494 e. The minimum absolute atomic E-state index is 0.0321. The molecule has 1 aliphatic heterocycles. The van der Waals surface area contributed by atoms with Crippen LogP contribution in [0, 0.1) is 5.82 Å². The van der Waals surface area contributed by atoms with Crippen molar-refractivity contribution in [3.05, 3.63) is 29.6 Å². The molecule has 1 aromatic carbocycles. The molecule has 1 aromatic rings. The van der Waals surface area contributed by atoms with E-state index in [1.54, 1.807) is 12.1 Å². The Kier molecular flexibility index (Phi) is 3.05. The standard InChI is InChI=1S/C11H12FNO3/c1-15-9-4-7(2-3-8(9)12)10-5-13-11(14)6-16-10/h2-4,10H,5-6H2,1H3,(H,13,14)/t10-/m0/s1. The van der Waals surface area contributed by atoms with Crippen molar-refractivity contribution in [1.82, 2.24) is 5.32 Å². The molecular formula is C11H12FNO3. The average molecular weight is 225 g/mol. The van der Waals surface area contributed by atoms with Crippen LogP contribution in [0.5, 0.6) is 5.75 Å². The normalized spacial score (nSPS) is 20.4. The first-order valence-electron chi connectivity index (χ1n) is 4.92. The molecule has 86 valence electrons. The van der Waals surface area contributed by atoms with E-state index >= 15 is 0 Å². The summed E-state index contributed by atoms with van der Waals surface area (Å²) in [6.45, 7) is 0.429. The first kappa shape index (κ1) is 10.9. The SMILES string of the molecule is COc1cc([C@@H]2CNC(=O)CO2)ccc1F. The van der Waals surface area contributed by atoms with E-state index < -0.39 is 5.82 Å². The van der Waals surface area contributed by atoms with Crippen LogP contribution in [-0.4, -0.2) is 26.2 Å². The van der Waals surface area contributed by atoms with Gasteiger partial charge < -0.3 is 14.8 Å². The molecule has 16 heavy (non-hydrogen) atoms. The summed E-state index contributed by atoms with van der Waals surface area (Å²) in [6, 6.07) is 4.53. The summed E-state index contributed by atoms with van der Waals surface area (Å²) in [5, 5.41) is 2.68. The minimum atomic E-state index is -0.411. The highest BCUT2D eigenvalue weighted by molar-refractivity contribution is 5.77. The molecule has 1 N–H and O–H groups in total. The molecule has 0 radical (unpaired) electrons. The molecular weight excluding hydrogens is 213 g/mol. The fourth-order valence-electron chi connectivity index (χ4n) is 1.58. The van der Waals surface area contributed by atoms with Crippen molar-refractivity contribution in [2.45, 2.75) is 6.10 Å². The van der Waals surface area contributed by atoms with E-state index in [9.17, 15) is 9.18 Å². The van der Waals surface area contributed by atoms with Gasteiger partial charge in [0.1, 0.15) is 12.7 Å². The van der Waals surface area contributed by atoms with Crippen LogP contribution in [0.25, 0.3) is 0 Å². The second kappa shape index (κ2) is 4.49. The number of nitrogens with one attached hydrogen (secondary N) is 1. The van der Waals surface area contributed by atoms with Crippen molar-refractivity contribution < 1.29 is 18.7 Å². The van der Waals surface area contributed by atoms with Crippen LogP contribution in [0.1, 0.15) is 11.7 Å². The second-order valence-corrected chi connectivity index (χ2v) is 3.50. The predicted molar refractivity (Wildman–Crippen MR) is 54.7 cm³/mol. The van der Waals surface area contributed by atoms with Gasteiger partial charge in [0.05, 0.1) is 7.11 Å². The maximum absolute atomic E-state index is 13.2. The van der Waals surface area contributed by atoms with Gasteiger partial charge in [-0.05, 0) is 17.7 Å². The number of benzene rings is 1. The van der Waals surface area contributed by atoms with Crippen LogP contribution in [0.15, 0.2) is 18.2 Å². The van der Waals surface area contributed by atoms with Gasteiger partial charge in [-0.2, -0.15) is 0 Å². The first-order chi connectivity index (χ1) is 7.70. The highest BCUT2D eigenvalue weighted by atomic mass is 19.1. The maximum atomic E-state index is 13.2. The zero-order chi connectivity index (χ0) is 11.5. The van der Waals surface area contributed by atoms with E-state index in [1.165, 1.54) is 13.2 Å². The third kappa shape index (κ3) is 2.14. The number of carbonyl (C=O) groups excluding carboxylic acids is 1. The smallest absolute Gasteiger partial charge is 0.246 e. The van der Waals surface area contributed by atoms with Gasteiger partial charge in [-0.3, -0.25) is 4.79 Å². The Labute approximate surface area is 92.4 Å². The summed E-state index contributed by atoms with van der Waals surface area (Å²) in [5.74, 6) is -0.366. The highest BCUT2D eigenvalue weighted by Crippen LogP contribution is 2.25. The molecule has 4 nitrogen and oxygen atoms in total. The zero-order valence-corrected chi connectivity index (χ0v) is 8.83. The van der Waals surface area contributed by atoms with Gasteiger partial charge in [-0.1, -0.05) is 6.07 Å². The number of halogens is 1. The molecule has 0 saturated carbocycles. The Hall–Kier alpha value is -1.62. The summed E-state index contributed by atoms with van der Waals surface area (Å²) in [4.78, 5) is 10.9. The summed E-state index contributed by atoms with van der Waals surface area (Å²) in [5.41, 5.74) is 0.790.